The molecule has 2 rings (SSSR count). The van der Waals surface area contributed by atoms with Crippen LogP contribution < -0.4 is 0 Å². The molecule has 0 saturated heterocycles. The van der Waals surface area contributed by atoms with Crippen molar-refractivity contribution in [1.29, 1.82) is 0 Å². The summed E-state index contributed by atoms with van der Waals surface area (Å²) in [6, 6.07) is 0. The van der Waals surface area contributed by atoms with E-state index in [9.17, 15) is 0 Å². The first kappa shape index (κ1) is 7.15. The van der Waals surface area contributed by atoms with Crippen molar-refractivity contribution in [3.05, 3.63) is 22.8 Å². The molecule has 0 aromatic rings. The van der Waals surface area contributed by atoms with E-state index in [1.807, 2.05) is 0 Å². The normalized spacial score (nSPS) is 30.4. The molecule has 1 radical (unpaired) electrons. The molecule has 2 aliphatic carbocycles. The van der Waals surface area contributed by atoms with Crippen molar-refractivity contribution in [2.45, 2.75) is 39.5 Å². The molecule has 0 aromatic carbocycles. The van der Waals surface area contributed by atoms with E-state index in [1.54, 1.807) is 11.1 Å². The Kier molecular flexibility index (Phi) is 1.63. The highest BCUT2D eigenvalue weighted by molar-refractivity contribution is 5.37. The topological polar surface area (TPSA) is 0 Å². The molecule has 0 aliphatic heterocycles. The maximum atomic E-state index is 3.50. The van der Waals surface area contributed by atoms with Crippen LogP contribution in [0.15, 0.2) is 16.7 Å². The minimum Gasteiger partial charge on any atom is -0.0595 e. The van der Waals surface area contributed by atoms with E-state index in [0.29, 0.717) is 5.92 Å². The Morgan fingerprint density at radius 2 is 2.00 bits per heavy atom. The summed E-state index contributed by atoms with van der Waals surface area (Å²) in [6.07, 6.45) is 8.91. The number of hydrogen-bond donors (Lipinski definition) is 0. The summed E-state index contributed by atoms with van der Waals surface area (Å²) in [4.78, 5) is 0. The summed E-state index contributed by atoms with van der Waals surface area (Å²) >= 11 is 0. The summed E-state index contributed by atoms with van der Waals surface area (Å²) in [7, 11) is 0. The van der Waals surface area contributed by atoms with Gasteiger partial charge in [0.1, 0.15) is 0 Å². The monoisotopic (exact) mass is 147 g/mol. The summed E-state index contributed by atoms with van der Waals surface area (Å²) in [5, 5.41) is 0. The van der Waals surface area contributed by atoms with Crippen LogP contribution in [0.5, 0.6) is 0 Å². The zero-order valence-corrected chi connectivity index (χ0v) is 7.41. The molecule has 0 spiro atoms. The van der Waals surface area contributed by atoms with Crippen molar-refractivity contribution in [3.63, 3.8) is 0 Å². The van der Waals surface area contributed by atoms with Gasteiger partial charge in [-0.3, -0.25) is 0 Å². The average molecular weight is 147 g/mol. The van der Waals surface area contributed by atoms with Gasteiger partial charge in [0.25, 0.3) is 0 Å². The molecule has 1 unspecified atom stereocenters. The van der Waals surface area contributed by atoms with Crippen LogP contribution in [0.1, 0.15) is 39.5 Å². The number of hydrogen-bond acceptors (Lipinski definition) is 0. The smallest absolute Gasteiger partial charge is 0.000883 e. The highest BCUT2D eigenvalue weighted by Crippen LogP contribution is 2.38. The zero-order valence-electron chi connectivity index (χ0n) is 7.41. The Morgan fingerprint density at radius 1 is 1.27 bits per heavy atom. The van der Waals surface area contributed by atoms with Gasteiger partial charge in [0.05, 0.1) is 0 Å². The SMILES string of the molecule is CC1=[C]C2=C(CCCC2)C1C. The van der Waals surface area contributed by atoms with Gasteiger partial charge in [-0.15, -0.1) is 0 Å². The highest BCUT2D eigenvalue weighted by atomic mass is 14.3. The minimum atomic E-state index is 0.713. The molecule has 11 heavy (non-hydrogen) atoms. The standard InChI is InChI=1S/C11H15/c1-8-7-10-5-3-4-6-11(10)9(8)2/h9H,3-6H2,1-2H3. The number of rotatable bonds is 0. The lowest BCUT2D eigenvalue weighted by molar-refractivity contribution is 0.636. The summed E-state index contributed by atoms with van der Waals surface area (Å²) in [5.41, 5.74) is 4.69. The molecule has 1 atom stereocenters. The third-order valence-electron chi connectivity index (χ3n) is 3.03. The second-order valence-corrected chi connectivity index (χ2v) is 3.74. The van der Waals surface area contributed by atoms with E-state index in [1.165, 1.54) is 31.3 Å². The Morgan fingerprint density at radius 3 is 2.73 bits per heavy atom. The van der Waals surface area contributed by atoms with Gasteiger partial charge >= 0.3 is 0 Å². The van der Waals surface area contributed by atoms with Crippen molar-refractivity contribution < 1.29 is 0 Å². The Labute approximate surface area is 69.0 Å². The Hall–Kier alpha value is -0.520. The third kappa shape index (κ3) is 1.05. The average Bonchev–Trinajstić information content (AvgIpc) is 2.30. The quantitative estimate of drug-likeness (QED) is 0.493. The molecule has 0 bridgehead atoms. The van der Waals surface area contributed by atoms with Gasteiger partial charge in [-0.2, -0.15) is 0 Å². The highest BCUT2D eigenvalue weighted by Gasteiger charge is 2.23. The van der Waals surface area contributed by atoms with Gasteiger partial charge in [0.2, 0.25) is 0 Å². The predicted molar refractivity (Wildman–Crippen MR) is 47.1 cm³/mol. The van der Waals surface area contributed by atoms with Crippen LogP contribution in [0.2, 0.25) is 0 Å². The first-order valence-electron chi connectivity index (χ1n) is 4.61. The first-order valence-corrected chi connectivity index (χ1v) is 4.61. The molecule has 0 saturated carbocycles. The van der Waals surface area contributed by atoms with E-state index in [4.69, 9.17) is 0 Å². The molecule has 0 amide bonds. The lowest BCUT2D eigenvalue weighted by Gasteiger charge is -2.17. The van der Waals surface area contributed by atoms with Gasteiger partial charge in [-0.05, 0) is 50.2 Å². The van der Waals surface area contributed by atoms with Crippen molar-refractivity contribution in [3.8, 4) is 0 Å². The van der Waals surface area contributed by atoms with Crippen LogP contribution in [0.25, 0.3) is 0 Å². The van der Waals surface area contributed by atoms with Crippen molar-refractivity contribution in [2.75, 3.05) is 0 Å². The summed E-state index contributed by atoms with van der Waals surface area (Å²) in [5.74, 6) is 0.713. The zero-order chi connectivity index (χ0) is 7.84. The largest absolute Gasteiger partial charge is 0.0595 e. The summed E-state index contributed by atoms with van der Waals surface area (Å²) < 4.78 is 0. The molecule has 0 heteroatoms. The van der Waals surface area contributed by atoms with E-state index >= 15 is 0 Å². The molecule has 0 aromatic heterocycles. The lowest BCUT2D eigenvalue weighted by Crippen LogP contribution is -2.01. The molecule has 0 nitrogen and oxygen atoms in total. The third-order valence-corrected chi connectivity index (χ3v) is 3.03. The maximum absolute atomic E-state index is 3.50. The van der Waals surface area contributed by atoms with Crippen LogP contribution in [0.4, 0.5) is 0 Å². The maximum Gasteiger partial charge on any atom is -0.000883 e. The van der Waals surface area contributed by atoms with Crippen LogP contribution in [-0.4, -0.2) is 0 Å². The van der Waals surface area contributed by atoms with Crippen molar-refractivity contribution in [2.24, 2.45) is 5.92 Å². The molecule has 0 N–H and O–H groups in total. The van der Waals surface area contributed by atoms with Crippen molar-refractivity contribution >= 4 is 0 Å². The lowest BCUT2D eigenvalue weighted by atomic mass is 9.88. The fourth-order valence-corrected chi connectivity index (χ4v) is 2.16. The molecule has 0 fully saturated rings. The van der Waals surface area contributed by atoms with Gasteiger partial charge in [-0.25, -0.2) is 0 Å². The van der Waals surface area contributed by atoms with E-state index in [0.717, 1.165) is 0 Å². The fraction of sp³-hybridized carbons (Fsp3) is 0.636. The second kappa shape index (κ2) is 2.51. The second-order valence-electron chi connectivity index (χ2n) is 3.74. The Balaban J connectivity index is 2.30. The van der Waals surface area contributed by atoms with Gasteiger partial charge in [0, 0.05) is 0 Å². The summed E-state index contributed by atoms with van der Waals surface area (Å²) in [6.45, 7) is 4.53. The Bertz CT molecular complexity index is 230. The van der Waals surface area contributed by atoms with Gasteiger partial charge < -0.3 is 0 Å². The molecule has 0 heterocycles. The fourth-order valence-electron chi connectivity index (χ4n) is 2.16. The van der Waals surface area contributed by atoms with Crippen LogP contribution in [-0.2, 0) is 0 Å². The van der Waals surface area contributed by atoms with E-state index in [2.05, 4.69) is 19.9 Å². The minimum absolute atomic E-state index is 0.713. The van der Waals surface area contributed by atoms with Crippen LogP contribution >= 0.6 is 0 Å². The van der Waals surface area contributed by atoms with Crippen molar-refractivity contribution in [1.82, 2.24) is 0 Å². The molecule has 2 aliphatic rings. The van der Waals surface area contributed by atoms with E-state index in [-0.39, 0.29) is 0 Å². The van der Waals surface area contributed by atoms with Crippen LogP contribution in [0.3, 0.4) is 0 Å². The predicted octanol–water partition coefficient (Wildman–Crippen LogP) is 3.26. The first-order chi connectivity index (χ1) is 5.29. The molecule has 59 valence electrons. The molecular formula is C11H15. The van der Waals surface area contributed by atoms with Gasteiger partial charge in [0.15, 0.2) is 0 Å². The molecular weight excluding hydrogens is 132 g/mol. The van der Waals surface area contributed by atoms with Crippen LogP contribution in [0, 0.1) is 12.0 Å². The van der Waals surface area contributed by atoms with E-state index < -0.39 is 0 Å². The van der Waals surface area contributed by atoms with Gasteiger partial charge in [-0.1, -0.05) is 18.1 Å². The number of allylic oxidation sites excluding steroid dienone is 4.